The molecule has 1 aliphatic heterocycles. The number of unbranched alkanes of at least 4 members (excludes halogenated alkanes) is 2. The smallest absolute Gasteiger partial charge is 0.324 e. The van der Waals surface area contributed by atoms with Crippen LogP contribution in [0.5, 0.6) is 5.75 Å². The molecule has 1 aliphatic carbocycles. The number of halogens is 1. The summed E-state index contributed by atoms with van der Waals surface area (Å²) in [5.74, 6) is 1.01. The van der Waals surface area contributed by atoms with Crippen molar-refractivity contribution in [3.8, 4) is 5.75 Å². The maximum absolute atomic E-state index is 12.6. The number of carbonyl (C=O) groups excluding carboxylic acids is 2. The zero-order valence-corrected chi connectivity index (χ0v) is 19.7. The van der Waals surface area contributed by atoms with Crippen molar-refractivity contribution in [1.82, 2.24) is 10.2 Å². The van der Waals surface area contributed by atoms with Crippen molar-refractivity contribution in [2.24, 2.45) is 5.92 Å². The summed E-state index contributed by atoms with van der Waals surface area (Å²) in [6, 6.07) is 3.37. The minimum atomic E-state index is -3.25. The number of ether oxygens (including phenoxy) is 1. The average molecular weight is 471 g/mol. The second-order valence-corrected chi connectivity index (χ2v) is 11.4. The van der Waals surface area contributed by atoms with E-state index in [0.717, 1.165) is 16.9 Å². The van der Waals surface area contributed by atoms with E-state index in [0.29, 0.717) is 43.4 Å². The SMILES string of the molecule is Cc1cc(Cl)c([C@@H](C)CS(=O)(=O)CCCCCN2CC(=O)NC2=O)cc1OCC1CC1. The molecule has 1 N–H and O–H groups in total. The van der Waals surface area contributed by atoms with Crippen LogP contribution in [0, 0.1) is 12.8 Å². The van der Waals surface area contributed by atoms with E-state index in [2.05, 4.69) is 5.32 Å². The molecular formula is C22H31ClN2O5S. The van der Waals surface area contributed by atoms with Gasteiger partial charge in [0.05, 0.1) is 18.1 Å². The van der Waals surface area contributed by atoms with Crippen LogP contribution in [0.1, 0.15) is 56.1 Å². The summed E-state index contributed by atoms with van der Waals surface area (Å²) >= 11 is 6.42. The van der Waals surface area contributed by atoms with E-state index in [4.69, 9.17) is 16.3 Å². The highest BCUT2D eigenvalue weighted by atomic mass is 35.5. The summed E-state index contributed by atoms with van der Waals surface area (Å²) in [7, 11) is -3.25. The van der Waals surface area contributed by atoms with Gasteiger partial charge in [-0.1, -0.05) is 24.9 Å². The van der Waals surface area contributed by atoms with Gasteiger partial charge in [0.1, 0.15) is 12.3 Å². The molecule has 2 aliphatic rings. The monoisotopic (exact) mass is 470 g/mol. The second-order valence-electron chi connectivity index (χ2n) is 8.74. The van der Waals surface area contributed by atoms with E-state index in [-0.39, 0.29) is 35.9 Å². The minimum Gasteiger partial charge on any atom is -0.493 e. The molecule has 31 heavy (non-hydrogen) atoms. The van der Waals surface area contributed by atoms with Crippen LogP contribution in [-0.2, 0) is 14.6 Å². The third-order valence-electron chi connectivity index (χ3n) is 5.75. The van der Waals surface area contributed by atoms with Crippen molar-refractivity contribution in [3.63, 3.8) is 0 Å². The number of urea groups is 1. The highest BCUT2D eigenvalue weighted by Gasteiger charge is 2.26. The third-order valence-corrected chi connectivity index (χ3v) is 8.00. The molecular weight excluding hydrogens is 440 g/mol. The van der Waals surface area contributed by atoms with Gasteiger partial charge < -0.3 is 9.64 Å². The number of sulfone groups is 1. The molecule has 7 nitrogen and oxygen atoms in total. The molecule has 0 aromatic heterocycles. The van der Waals surface area contributed by atoms with Gasteiger partial charge in [0.15, 0.2) is 9.84 Å². The molecule has 1 aromatic rings. The van der Waals surface area contributed by atoms with E-state index in [9.17, 15) is 18.0 Å². The number of nitrogens with zero attached hydrogens (tertiary/aromatic N) is 1. The predicted octanol–water partition coefficient (Wildman–Crippen LogP) is 3.68. The van der Waals surface area contributed by atoms with Crippen LogP contribution >= 0.6 is 11.6 Å². The van der Waals surface area contributed by atoms with E-state index in [1.807, 2.05) is 26.0 Å². The fourth-order valence-electron chi connectivity index (χ4n) is 3.71. The van der Waals surface area contributed by atoms with Crippen LogP contribution in [0.15, 0.2) is 12.1 Å². The van der Waals surface area contributed by atoms with Crippen molar-refractivity contribution in [2.45, 2.75) is 51.9 Å². The molecule has 1 atom stereocenters. The Labute approximate surface area is 189 Å². The van der Waals surface area contributed by atoms with Gasteiger partial charge in [-0.15, -0.1) is 0 Å². The van der Waals surface area contributed by atoms with Crippen molar-refractivity contribution < 1.29 is 22.7 Å². The molecule has 3 rings (SSSR count). The lowest BCUT2D eigenvalue weighted by Gasteiger charge is -2.18. The molecule has 2 fully saturated rings. The molecule has 0 radical (unpaired) electrons. The fraction of sp³-hybridized carbons (Fsp3) is 0.636. The third kappa shape index (κ3) is 7.10. The Balaban J connectivity index is 1.47. The molecule has 0 unspecified atom stereocenters. The molecule has 3 amide bonds. The first-order valence-corrected chi connectivity index (χ1v) is 13.1. The van der Waals surface area contributed by atoms with Crippen molar-refractivity contribution in [1.29, 1.82) is 0 Å². The largest absolute Gasteiger partial charge is 0.493 e. The first-order valence-electron chi connectivity index (χ1n) is 10.9. The number of carbonyl (C=O) groups is 2. The summed E-state index contributed by atoms with van der Waals surface area (Å²) in [6.45, 7) is 5.06. The van der Waals surface area contributed by atoms with Crippen LogP contribution in [0.2, 0.25) is 5.02 Å². The summed E-state index contributed by atoms with van der Waals surface area (Å²) in [5.41, 5.74) is 1.75. The van der Waals surface area contributed by atoms with Gasteiger partial charge in [-0.3, -0.25) is 10.1 Å². The standard InChI is InChI=1S/C22H31ClN2O5S/c1-15-10-19(23)18(11-20(15)30-13-17-6-7-17)16(2)14-31(28,29)9-5-3-4-8-25-12-21(26)24-22(25)27/h10-11,16-17H,3-9,12-14H2,1-2H3,(H,24,26,27)/t16-/m0/s1. The number of amides is 3. The molecule has 1 saturated heterocycles. The fourth-order valence-corrected chi connectivity index (χ4v) is 5.87. The van der Waals surface area contributed by atoms with E-state index in [1.165, 1.54) is 17.7 Å². The van der Waals surface area contributed by atoms with Gasteiger partial charge >= 0.3 is 6.03 Å². The lowest BCUT2D eigenvalue weighted by Crippen LogP contribution is -2.29. The second kappa shape index (κ2) is 10.2. The Morgan fingerprint density at radius 2 is 1.97 bits per heavy atom. The van der Waals surface area contributed by atoms with E-state index < -0.39 is 9.84 Å². The number of hydrogen-bond donors (Lipinski definition) is 1. The van der Waals surface area contributed by atoms with Crippen molar-refractivity contribution >= 4 is 33.4 Å². The van der Waals surface area contributed by atoms with Crippen molar-refractivity contribution in [3.05, 3.63) is 28.3 Å². The first-order chi connectivity index (χ1) is 14.6. The number of aryl methyl sites for hydroxylation is 1. The minimum absolute atomic E-state index is 0.0286. The summed E-state index contributed by atoms with van der Waals surface area (Å²) < 4.78 is 31.2. The Hall–Kier alpha value is -1.80. The van der Waals surface area contributed by atoms with Gasteiger partial charge in [-0.2, -0.15) is 0 Å². The number of benzene rings is 1. The average Bonchev–Trinajstić information content (AvgIpc) is 3.44. The molecule has 172 valence electrons. The molecule has 0 bridgehead atoms. The molecule has 0 spiro atoms. The topological polar surface area (TPSA) is 92.8 Å². The van der Waals surface area contributed by atoms with Gasteiger partial charge in [0.2, 0.25) is 5.91 Å². The van der Waals surface area contributed by atoms with Crippen LogP contribution in [0.3, 0.4) is 0 Å². The highest BCUT2D eigenvalue weighted by molar-refractivity contribution is 7.91. The summed E-state index contributed by atoms with van der Waals surface area (Å²) in [6.07, 6.45) is 4.28. The molecule has 1 aromatic carbocycles. The number of imide groups is 1. The maximum Gasteiger partial charge on any atom is 0.324 e. The summed E-state index contributed by atoms with van der Waals surface area (Å²) in [5, 5.41) is 2.80. The number of nitrogens with one attached hydrogen (secondary N) is 1. The Bertz CT molecular complexity index is 930. The van der Waals surface area contributed by atoms with Gasteiger partial charge in [-0.05, 0) is 67.7 Å². The number of hydrogen-bond acceptors (Lipinski definition) is 5. The van der Waals surface area contributed by atoms with E-state index >= 15 is 0 Å². The Morgan fingerprint density at radius 3 is 2.61 bits per heavy atom. The maximum atomic E-state index is 12.6. The van der Waals surface area contributed by atoms with Crippen LogP contribution in [-0.4, -0.2) is 56.5 Å². The van der Waals surface area contributed by atoms with E-state index in [1.54, 1.807) is 0 Å². The lowest BCUT2D eigenvalue weighted by atomic mass is 10.0. The van der Waals surface area contributed by atoms with Gasteiger partial charge in [0.25, 0.3) is 0 Å². The lowest BCUT2D eigenvalue weighted by molar-refractivity contribution is -0.118. The van der Waals surface area contributed by atoms with Crippen LogP contribution in [0.4, 0.5) is 4.79 Å². The first kappa shape index (κ1) is 23.9. The highest BCUT2D eigenvalue weighted by Crippen LogP contribution is 2.34. The molecule has 9 heteroatoms. The summed E-state index contributed by atoms with van der Waals surface area (Å²) in [4.78, 5) is 24.1. The number of rotatable bonds is 12. The molecule has 1 saturated carbocycles. The molecule has 1 heterocycles. The Kier molecular flexibility index (Phi) is 7.86. The van der Waals surface area contributed by atoms with Crippen LogP contribution in [0.25, 0.3) is 0 Å². The van der Waals surface area contributed by atoms with Crippen LogP contribution < -0.4 is 10.1 Å². The normalized spacial score (nSPS) is 17.7. The Morgan fingerprint density at radius 1 is 1.23 bits per heavy atom. The quantitative estimate of drug-likeness (QED) is 0.371. The van der Waals surface area contributed by atoms with Crippen molar-refractivity contribution in [2.75, 3.05) is 31.2 Å². The van der Waals surface area contributed by atoms with Gasteiger partial charge in [0, 0.05) is 11.6 Å². The van der Waals surface area contributed by atoms with Gasteiger partial charge in [-0.25, -0.2) is 13.2 Å². The predicted molar refractivity (Wildman–Crippen MR) is 120 cm³/mol. The zero-order valence-electron chi connectivity index (χ0n) is 18.2. The zero-order chi connectivity index (χ0) is 22.6.